The monoisotopic (exact) mass is 374 g/mol. The molecule has 0 saturated heterocycles. The molecule has 0 atom stereocenters. The van der Waals surface area contributed by atoms with Crippen molar-refractivity contribution in [1.82, 2.24) is 9.55 Å². The van der Waals surface area contributed by atoms with Gasteiger partial charge in [0.25, 0.3) is 5.56 Å². The maximum atomic E-state index is 13.5. The summed E-state index contributed by atoms with van der Waals surface area (Å²) in [6.07, 6.45) is 2.27. The van der Waals surface area contributed by atoms with E-state index < -0.39 is 0 Å². The summed E-state index contributed by atoms with van der Waals surface area (Å²) in [6, 6.07) is 18.9. The summed E-state index contributed by atoms with van der Waals surface area (Å²) in [5, 5.41) is 13.5. The number of hydrogen-bond acceptors (Lipinski definition) is 4. The molecule has 0 aliphatic carbocycles. The molecule has 0 saturated carbocycles. The maximum absolute atomic E-state index is 13.5. The van der Waals surface area contributed by atoms with Crippen LogP contribution in [-0.4, -0.2) is 14.7 Å². The minimum Gasteiger partial charge on any atom is -0.507 e. The van der Waals surface area contributed by atoms with Crippen LogP contribution < -0.4 is 5.56 Å². The molecule has 134 valence electrons. The quantitative estimate of drug-likeness (QED) is 0.553. The zero-order valence-corrected chi connectivity index (χ0v) is 15.6. The number of nitrogens with zero attached hydrogens (tertiary/aromatic N) is 2. The summed E-state index contributed by atoms with van der Waals surface area (Å²) in [7, 11) is 0. The van der Waals surface area contributed by atoms with Gasteiger partial charge in [-0.05, 0) is 17.5 Å². The van der Waals surface area contributed by atoms with Gasteiger partial charge in [-0.1, -0.05) is 67.6 Å². The molecule has 0 aliphatic rings. The van der Waals surface area contributed by atoms with E-state index in [1.54, 1.807) is 10.8 Å². The summed E-state index contributed by atoms with van der Waals surface area (Å²) in [5.74, 6) is 0.0420. The summed E-state index contributed by atoms with van der Waals surface area (Å²) < 4.78 is 1.63. The Hall–Kier alpha value is -3.18. The van der Waals surface area contributed by atoms with Crippen LogP contribution in [0.2, 0.25) is 0 Å². The first-order valence-corrected chi connectivity index (χ1v) is 9.62. The lowest BCUT2D eigenvalue weighted by atomic mass is 9.97. The predicted octanol–water partition coefficient (Wildman–Crippen LogP) is 4.90. The Morgan fingerprint density at radius 2 is 1.63 bits per heavy atom. The molecule has 0 bridgehead atoms. The van der Waals surface area contributed by atoms with Gasteiger partial charge >= 0.3 is 0 Å². The Balaban J connectivity index is 2.16. The molecule has 1 N–H and O–H groups in total. The number of aromatic hydroxyl groups is 1. The minimum atomic E-state index is -0.273. The highest BCUT2D eigenvalue weighted by atomic mass is 32.1. The first kappa shape index (κ1) is 17.2. The van der Waals surface area contributed by atoms with Gasteiger partial charge in [0.15, 0.2) is 5.13 Å². The lowest BCUT2D eigenvalue weighted by Crippen LogP contribution is -2.23. The van der Waals surface area contributed by atoms with Gasteiger partial charge in [-0.2, -0.15) is 0 Å². The van der Waals surface area contributed by atoms with E-state index in [1.807, 2.05) is 73.0 Å². The van der Waals surface area contributed by atoms with Crippen molar-refractivity contribution in [2.45, 2.75) is 13.3 Å². The van der Waals surface area contributed by atoms with Crippen LogP contribution >= 0.6 is 11.3 Å². The molecule has 27 heavy (non-hydrogen) atoms. The lowest BCUT2D eigenvalue weighted by molar-refractivity contribution is 0.469. The molecule has 0 amide bonds. The van der Waals surface area contributed by atoms with E-state index in [-0.39, 0.29) is 11.3 Å². The van der Waals surface area contributed by atoms with Gasteiger partial charge in [0.1, 0.15) is 5.75 Å². The highest BCUT2D eigenvalue weighted by molar-refractivity contribution is 7.12. The molecule has 0 spiro atoms. The lowest BCUT2D eigenvalue weighted by Gasteiger charge is -2.19. The Morgan fingerprint density at radius 3 is 2.19 bits per heavy atom. The van der Waals surface area contributed by atoms with Crippen molar-refractivity contribution in [2.75, 3.05) is 0 Å². The van der Waals surface area contributed by atoms with Crippen molar-refractivity contribution in [3.8, 4) is 33.3 Å². The van der Waals surface area contributed by atoms with Crippen molar-refractivity contribution in [3.63, 3.8) is 0 Å². The standard InChI is InChI=1S/C22H18N2O2S/c1-2-17-19(16-11-7-4-8-12-16)24(22-23-13-14-27-22)21(26)18(20(17)25)15-9-5-3-6-10-15/h3-14,25H,2H2,1H3. The van der Waals surface area contributed by atoms with Crippen molar-refractivity contribution < 1.29 is 5.11 Å². The summed E-state index contributed by atoms with van der Waals surface area (Å²) in [6.45, 7) is 1.98. The summed E-state index contributed by atoms with van der Waals surface area (Å²) in [4.78, 5) is 17.9. The zero-order valence-electron chi connectivity index (χ0n) is 14.8. The van der Waals surface area contributed by atoms with Gasteiger partial charge in [-0.3, -0.25) is 9.36 Å². The van der Waals surface area contributed by atoms with Crippen molar-refractivity contribution in [3.05, 3.63) is 88.2 Å². The van der Waals surface area contributed by atoms with Crippen LogP contribution in [0.1, 0.15) is 12.5 Å². The highest BCUT2D eigenvalue weighted by Crippen LogP contribution is 2.37. The second-order valence-corrected chi connectivity index (χ2v) is 6.96. The molecule has 4 rings (SSSR count). The number of pyridine rings is 1. The van der Waals surface area contributed by atoms with Crippen LogP contribution in [0.5, 0.6) is 5.75 Å². The summed E-state index contributed by atoms with van der Waals surface area (Å²) in [5.41, 5.74) is 3.02. The molecule has 0 unspecified atom stereocenters. The average molecular weight is 374 g/mol. The third-order valence-electron chi connectivity index (χ3n) is 4.52. The largest absolute Gasteiger partial charge is 0.507 e. The fraction of sp³-hybridized carbons (Fsp3) is 0.0909. The van der Waals surface area contributed by atoms with Crippen LogP contribution in [0.25, 0.3) is 27.5 Å². The molecular weight excluding hydrogens is 356 g/mol. The number of rotatable bonds is 4. The van der Waals surface area contributed by atoms with Crippen molar-refractivity contribution >= 4 is 11.3 Å². The van der Waals surface area contributed by atoms with E-state index in [0.29, 0.717) is 28.4 Å². The normalized spacial score (nSPS) is 10.9. The van der Waals surface area contributed by atoms with E-state index in [9.17, 15) is 9.90 Å². The Labute approximate surface area is 161 Å². The van der Waals surface area contributed by atoms with E-state index >= 15 is 0 Å². The van der Waals surface area contributed by atoms with Gasteiger partial charge in [0.05, 0.1) is 11.3 Å². The summed E-state index contributed by atoms with van der Waals surface area (Å²) >= 11 is 1.40. The van der Waals surface area contributed by atoms with Gasteiger partial charge in [0.2, 0.25) is 0 Å². The Kier molecular flexibility index (Phi) is 4.60. The van der Waals surface area contributed by atoms with Gasteiger partial charge in [-0.15, -0.1) is 11.3 Å². The predicted molar refractivity (Wildman–Crippen MR) is 110 cm³/mol. The van der Waals surface area contributed by atoms with Crippen LogP contribution in [0, 0.1) is 0 Å². The fourth-order valence-electron chi connectivity index (χ4n) is 3.32. The van der Waals surface area contributed by atoms with Crippen LogP contribution in [0.3, 0.4) is 0 Å². The molecule has 5 heteroatoms. The van der Waals surface area contributed by atoms with Crippen LogP contribution in [-0.2, 0) is 6.42 Å². The molecular formula is C22H18N2O2S. The minimum absolute atomic E-state index is 0.0420. The van der Waals surface area contributed by atoms with Crippen LogP contribution in [0.15, 0.2) is 77.0 Å². The molecule has 0 aliphatic heterocycles. The van der Waals surface area contributed by atoms with E-state index in [2.05, 4.69) is 4.98 Å². The van der Waals surface area contributed by atoms with Gasteiger partial charge in [-0.25, -0.2) is 4.98 Å². The fourth-order valence-corrected chi connectivity index (χ4v) is 3.97. The SMILES string of the molecule is CCc1c(O)c(-c2ccccc2)c(=O)n(-c2nccs2)c1-c1ccccc1. The third-order valence-corrected chi connectivity index (χ3v) is 5.28. The van der Waals surface area contributed by atoms with Gasteiger partial charge in [0, 0.05) is 17.1 Å². The smallest absolute Gasteiger partial charge is 0.269 e. The Morgan fingerprint density at radius 1 is 1.00 bits per heavy atom. The average Bonchev–Trinajstić information content (AvgIpc) is 3.23. The Bertz CT molecular complexity index is 1120. The molecule has 2 aromatic heterocycles. The molecule has 2 heterocycles. The van der Waals surface area contributed by atoms with Gasteiger partial charge < -0.3 is 5.11 Å². The second-order valence-electron chi connectivity index (χ2n) is 6.09. The van der Waals surface area contributed by atoms with E-state index in [1.165, 1.54) is 11.3 Å². The number of benzene rings is 2. The topological polar surface area (TPSA) is 55.1 Å². The van der Waals surface area contributed by atoms with Crippen LogP contribution in [0.4, 0.5) is 0 Å². The number of aromatic nitrogens is 2. The highest BCUT2D eigenvalue weighted by Gasteiger charge is 2.24. The first-order valence-electron chi connectivity index (χ1n) is 8.74. The van der Waals surface area contributed by atoms with E-state index in [0.717, 1.165) is 11.1 Å². The maximum Gasteiger partial charge on any atom is 0.269 e. The first-order chi connectivity index (χ1) is 13.2. The van der Waals surface area contributed by atoms with Crippen molar-refractivity contribution in [2.24, 2.45) is 0 Å². The zero-order chi connectivity index (χ0) is 18.8. The van der Waals surface area contributed by atoms with E-state index in [4.69, 9.17) is 0 Å². The molecule has 4 aromatic rings. The molecule has 2 aromatic carbocycles. The number of hydrogen-bond donors (Lipinski definition) is 1. The third kappa shape index (κ3) is 2.96. The molecule has 0 fully saturated rings. The molecule has 0 radical (unpaired) electrons. The van der Waals surface area contributed by atoms with Crippen molar-refractivity contribution in [1.29, 1.82) is 0 Å². The molecule has 4 nitrogen and oxygen atoms in total. The second kappa shape index (κ2) is 7.21. The number of thiazole rings is 1.